The molecule has 1 atom stereocenters. The number of amides is 1. The van der Waals surface area contributed by atoms with Crippen LogP contribution in [0.25, 0.3) is 11.0 Å². The van der Waals surface area contributed by atoms with Gasteiger partial charge in [0.05, 0.1) is 36.4 Å². The highest BCUT2D eigenvalue weighted by Gasteiger charge is 2.45. The lowest BCUT2D eigenvalue weighted by molar-refractivity contribution is 0.0971. The molecule has 180 valence electrons. The molecule has 0 N–H and O–H groups in total. The number of ether oxygens (including phenoxy) is 2. The van der Waals surface area contributed by atoms with Crippen molar-refractivity contribution in [2.75, 3.05) is 18.6 Å². The Kier molecular flexibility index (Phi) is 5.84. The van der Waals surface area contributed by atoms with Crippen LogP contribution in [-0.2, 0) is 0 Å². The number of carbonyl (C=O) groups is 1. The highest BCUT2D eigenvalue weighted by atomic mass is 32.1. The third kappa shape index (κ3) is 3.78. The average molecular weight is 491 g/mol. The van der Waals surface area contributed by atoms with Gasteiger partial charge in [-0.05, 0) is 57.0 Å². The number of carbonyl (C=O) groups excluding carboxylic acids is 1. The Hall–Kier alpha value is -3.65. The van der Waals surface area contributed by atoms with Gasteiger partial charge in [-0.1, -0.05) is 24.6 Å². The van der Waals surface area contributed by atoms with Crippen molar-refractivity contribution in [2.45, 2.75) is 40.2 Å². The van der Waals surface area contributed by atoms with Gasteiger partial charge in [-0.2, -0.15) is 0 Å². The summed E-state index contributed by atoms with van der Waals surface area (Å²) in [5, 5.41) is 0.969. The summed E-state index contributed by atoms with van der Waals surface area (Å²) in [6.45, 7) is 8.37. The van der Waals surface area contributed by atoms with Crippen molar-refractivity contribution in [1.29, 1.82) is 0 Å². The van der Waals surface area contributed by atoms with Gasteiger partial charge in [-0.15, -0.1) is 11.3 Å². The van der Waals surface area contributed by atoms with Crippen LogP contribution in [0.15, 0.2) is 45.6 Å². The Morgan fingerprint density at radius 2 is 1.89 bits per heavy atom. The molecule has 35 heavy (non-hydrogen) atoms. The molecule has 4 aromatic rings. The van der Waals surface area contributed by atoms with Crippen molar-refractivity contribution < 1.29 is 18.7 Å². The van der Waals surface area contributed by atoms with Crippen LogP contribution in [0, 0.1) is 20.8 Å². The third-order valence-corrected chi connectivity index (χ3v) is 7.29. The number of aromatic nitrogens is 1. The van der Waals surface area contributed by atoms with Gasteiger partial charge in [0, 0.05) is 4.88 Å². The molecule has 8 heteroatoms. The second kappa shape index (κ2) is 8.85. The third-order valence-electron chi connectivity index (χ3n) is 6.21. The van der Waals surface area contributed by atoms with Gasteiger partial charge in [-0.3, -0.25) is 14.5 Å². The molecule has 0 fully saturated rings. The van der Waals surface area contributed by atoms with Crippen LogP contribution in [0.3, 0.4) is 0 Å². The highest BCUT2D eigenvalue weighted by molar-refractivity contribution is 7.15. The SMILES string of the molecule is CCCOc1ccc([C@H]2c3c(oc4ccc(C)cc4c3=O)C(=O)N2c2nc(C)c(C)s2)cc1OC. The van der Waals surface area contributed by atoms with E-state index in [1.165, 1.54) is 11.3 Å². The van der Waals surface area contributed by atoms with E-state index in [-0.39, 0.29) is 17.1 Å². The first-order chi connectivity index (χ1) is 16.8. The van der Waals surface area contributed by atoms with E-state index >= 15 is 0 Å². The van der Waals surface area contributed by atoms with E-state index in [1.807, 2.05) is 52.0 Å². The van der Waals surface area contributed by atoms with Crippen LogP contribution in [0.4, 0.5) is 5.13 Å². The van der Waals surface area contributed by atoms with Crippen molar-refractivity contribution in [2.24, 2.45) is 0 Å². The minimum Gasteiger partial charge on any atom is -0.493 e. The molecule has 0 aliphatic carbocycles. The molecule has 2 aromatic heterocycles. The Balaban J connectivity index is 1.76. The summed E-state index contributed by atoms with van der Waals surface area (Å²) in [5.41, 5.74) is 2.97. The van der Waals surface area contributed by atoms with Gasteiger partial charge in [0.25, 0.3) is 5.91 Å². The van der Waals surface area contributed by atoms with E-state index in [2.05, 4.69) is 4.98 Å². The standard InChI is InChI=1S/C27H26N2O5S/c1-6-11-33-20-10-8-17(13-21(20)32-5)23-22-24(30)18-12-14(2)7-9-19(18)34-25(22)26(31)29(23)27-28-15(3)16(4)35-27/h7-10,12-13,23H,6,11H2,1-5H3/t23-/m0/s1. The topological polar surface area (TPSA) is 81.9 Å². The molecule has 0 bridgehead atoms. The molecule has 3 heterocycles. The average Bonchev–Trinajstić information content (AvgIpc) is 3.33. The number of hydrogen-bond donors (Lipinski definition) is 0. The molecule has 1 aliphatic rings. The summed E-state index contributed by atoms with van der Waals surface area (Å²) in [4.78, 5) is 34.7. The van der Waals surface area contributed by atoms with Crippen LogP contribution in [-0.4, -0.2) is 24.6 Å². The zero-order valence-electron chi connectivity index (χ0n) is 20.3. The van der Waals surface area contributed by atoms with Crippen LogP contribution < -0.4 is 19.8 Å². The largest absolute Gasteiger partial charge is 0.493 e. The summed E-state index contributed by atoms with van der Waals surface area (Å²) >= 11 is 1.42. The predicted molar refractivity (Wildman–Crippen MR) is 136 cm³/mol. The summed E-state index contributed by atoms with van der Waals surface area (Å²) in [7, 11) is 1.57. The van der Waals surface area contributed by atoms with Crippen LogP contribution in [0.1, 0.15) is 57.2 Å². The molecule has 7 nitrogen and oxygen atoms in total. The molecule has 0 radical (unpaired) electrons. The van der Waals surface area contributed by atoms with Gasteiger partial charge in [0.15, 0.2) is 22.1 Å². The van der Waals surface area contributed by atoms with E-state index in [0.717, 1.165) is 22.6 Å². The fourth-order valence-corrected chi connectivity index (χ4v) is 5.28. The smallest absolute Gasteiger partial charge is 0.297 e. The zero-order valence-corrected chi connectivity index (χ0v) is 21.1. The predicted octanol–water partition coefficient (Wildman–Crippen LogP) is 5.72. The van der Waals surface area contributed by atoms with Gasteiger partial charge in [-0.25, -0.2) is 4.98 Å². The normalized spacial score (nSPS) is 15.1. The van der Waals surface area contributed by atoms with Gasteiger partial charge in [0.1, 0.15) is 5.58 Å². The number of methoxy groups -OCH3 is 1. The van der Waals surface area contributed by atoms with Crippen LogP contribution in [0.2, 0.25) is 0 Å². The monoisotopic (exact) mass is 490 g/mol. The summed E-state index contributed by atoms with van der Waals surface area (Å²) in [5.74, 6) is 0.802. The molecule has 0 unspecified atom stereocenters. The number of nitrogens with zero attached hydrogens (tertiary/aromatic N) is 2. The second-order valence-corrected chi connectivity index (χ2v) is 9.83. The molecular formula is C27H26N2O5S. The fourth-order valence-electron chi connectivity index (χ4n) is 4.34. The number of thiazole rings is 1. The Morgan fingerprint density at radius 3 is 2.57 bits per heavy atom. The molecule has 2 aromatic carbocycles. The number of hydrogen-bond acceptors (Lipinski definition) is 7. The maximum absolute atomic E-state index is 13.8. The van der Waals surface area contributed by atoms with Crippen molar-refractivity contribution in [1.82, 2.24) is 4.98 Å². The van der Waals surface area contributed by atoms with Crippen molar-refractivity contribution in [3.63, 3.8) is 0 Å². The number of rotatable bonds is 6. The van der Waals surface area contributed by atoms with Gasteiger partial charge < -0.3 is 13.9 Å². The summed E-state index contributed by atoms with van der Waals surface area (Å²) in [6, 6.07) is 10.2. The first-order valence-electron chi connectivity index (χ1n) is 11.5. The van der Waals surface area contributed by atoms with Crippen molar-refractivity contribution in [3.05, 3.63) is 79.6 Å². The Morgan fingerprint density at radius 1 is 1.09 bits per heavy atom. The van der Waals surface area contributed by atoms with Gasteiger partial charge in [0.2, 0.25) is 5.76 Å². The maximum atomic E-state index is 13.8. The van der Waals surface area contributed by atoms with E-state index in [1.54, 1.807) is 24.1 Å². The van der Waals surface area contributed by atoms with E-state index in [0.29, 0.717) is 45.3 Å². The quantitative estimate of drug-likeness (QED) is 0.344. The first-order valence-corrected chi connectivity index (χ1v) is 12.3. The molecule has 0 saturated heterocycles. The minimum atomic E-state index is -0.710. The summed E-state index contributed by atoms with van der Waals surface area (Å²) in [6.07, 6.45) is 0.861. The molecule has 5 rings (SSSR count). The number of aryl methyl sites for hydroxylation is 3. The second-order valence-electron chi connectivity index (χ2n) is 8.65. The van der Waals surface area contributed by atoms with E-state index in [4.69, 9.17) is 13.9 Å². The number of benzene rings is 2. The molecular weight excluding hydrogens is 464 g/mol. The first kappa shape index (κ1) is 23.1. The van der Waals surface area contributed by atoms with Gasteiger partial charge >= 0.3 is 0 Å². The lowest BCUT2D eigenvalue weighted by Crippen LogP contribution is -2.29. The van der Waals surface area contributed by atoms with Crippen molar-refractivity contribution in [3.8, 4) is 11.5 Å². The number of anilines is 1. The van der Waals surface area contributed by atoms with Crippen LogP contribution in [0.5, 0.6) is 11.5 Å². The molecule has 1 aliphatic heterocycles. The lowest BCUT2D eigenvalue weighted by Gasteiger charge is -2.23. The number of fused-ring (bicyclic) bond motifs is 2. The Labute approximate surface area is 206 Å². The minimum absolute atomic E-state index is 0.0483. The zero-order chi connectivity index (χ0) is 24.9. The Bertz CT molecular complexity index is 1500. The van der Waals surface area contributed by atoms with E-state index in [9.17, 15) is 9.59 Å². The lowest BCUT2D eigenvalue weighted by atomic mass is 9.98. The highest BCUT2D eigenvalue weighted by Crippen LogP contribution is 2.44. The maximum Gasteiger partial charge on any atom is 0.297 e. The van der Waals surface area contributed by atoms with Crippen molar-refractivity contribution >= 4 is 33.3 Å². The summed E-state index contributed by atoms with van der Waals surface area (Å²) < 4.78 is 17.5. The molecule has 0 spiro atoms. The molecule has 0 saturated carbocycles. The van der Waals surface area contributed by atoms with E-state index < -0.39 is 6.04 Å². The van der Waals surface area contributed by atoms with Crippen LogP contribution >= 0.6 is 11.3 Å². The fraction of sp³-hybridized carbons (Fsp3) is 0.296. The molecule has 1 amide bonds.